The Morgan fingerprint density at radius 2 is 2.00 bits per heavy atom. The molecule has 0 saturated heterocycles. The van der Waals surface area contributed by atoms with E-state index >= 15 is 0 Å². The van der Waals surface area contributed by atoms with Crippen LogP contribution in [0.1, 0.15) is 18.1 Å². The number of hydrogen-bond donors (Lipinski definition) is 0. The molecule has 3 heteroatoms. The summed E-state index contributed by atoms with van der Waals surface area (Å²) in [4.78, 5) is 13.7. The molecular formula is C16H19NO2. The molecule has 1 aromatic heterocycles. The van der Waals surface area contributed by atoms with Crippen LogP contribution in [0.5, 0.6) is 0 Å². The molecule has 0 aliphatic carbocycles. The van der Waals surface area contributed by atoms with Crippen molar-refractivity contribution in [2.75, 3.05) is 13.6 Å². The summed E-state index contributed by atoms with van der Waals surface area (Å²) in [6.45, 7) is 3.42. The summed E-state index contributed by atoms with van der Waals surface area (Å²) in [6, 6.07) is 11.8. The van der Waals surface area contributed by atoms with E-state index in [4.69, 9.17) is 4.42 Å². The third kappa shape index (κ3) is 3.32. The van der Waals surface area contributed by atoms with Crippen LogP contribution in [-0.2, 0) is 16.8 Å². The Bertz CT molecular complexity index is 507. The van der Waals surface area contributed by atoms with E-state index in [1.165, 1.54) is 0 Å². The highest BCUT2D eigenvalue weighted by Crippen LogP contribution is 2.22. The molecule has 0 bridgehead atoms. The lowest BCUT2D eigenvalue weighted by atomic mass is 9.83. The molecule has 0 N–H and O–H groups in total. The quantitative estimate of drug-likeness (QED) is 0.746. The molecule has 0 fully saturated rings. The lowest BCUT2D eigenvalue weighted by Crippen LogP contribution is -2.37. The third-order valence-corrected chi connectivity index (χ3v) is 3.32. The van der Waals surface area contributed by atoms with Gasteiger partial charge in [0, 0.05) is 18.7 Å². The summed E-state index contributed by atoms with van der Waals surface area (Å²) >= 11 is 0. The molecule has 3 nitrogen and oxygen atoms in total. The van der Waals surface area contributed by atoms with E-state index in [9.17, 15) is 4.79 Å². The van der Waals surface area contributed by atoms with Gasteiger partial charge in [-0.05, 0) is 25.6 Å². The van der Waals surface area contributed by atoms with Crippen LogP contribution in [0.4, 0.5) is 0 Å². The van der Waals surface area contributed by atoms with Crippen LogP contribution in [0, 0.1) is 0 Å². The van der Waals surface area contributed by atoms with Crippen molar-refractivity contribution in [2.24, 2.45) is 0 Å². The first-order valence-electron chi connectivity index (χ1n) is 6.35. The average molecular weight is 257 g/mol. The summed E-state index contributed by atoms with van der Waals surface area (Å²) in [5, 5.41) is 0. The van der Waals surface area contributed by atoms with Gasteiger partial charge in [-0.2, -0.15) is 0 Å². The van der Waals surface area contributed by atoms with Gasteiger partial charge in [0.25, 0.3) is 0 Å². The second-order valence-electron chi connectivity index (χ2n) is 5.21. The highest BCUT2D eigenvalue weighted by Gasteiger charge is 2.27. The van der Waals surface area contributed by atoms with Crippen LogP contribution in [0.25, 0.3) is 0 Å². The number of aldehydes is 1. The van der Waals surface area contributed by atoms with Gasteiger partial charge >= 0.3 is 0 Å². The molecule has 0 aliphatic heterocycles. The maximum atomic E-state index is 11.5. The zero-order chi connectivity index (χ0) is 13.7. The van der Waals surface area contributed by atoms with E-state index in [1.807, 2.05) is 50.4 Å². The predicted molar refractivity (Wildman–Crippen MR) is 74.9 cm³/mol. The molecule has 1 aromatic carbocycles. The van der Waals surface area contributed by atoms with Crippen LogP contribution in [-0.4, -0.2) is 24.8 Å². The summed E-state index contributed by atoms with van der Waals surface area (Å²) in [6.07, 6.45) is 4.44. The minimum absolute atomic E-state index is 0.486. The summed E-state index contributed by atoms with van der Waals surface area (Å²) in [5.41, 5.74) is 1.67. The molecular weight excluding hydrogens is 238 g/mol. The normalized spacial score (nSPS) is 14.3. The Labute approximate surface area is 113 Å². The van der Waals surface area contributed by atoms with Crippen molar-refractivity contribution < 1.29 is 9.21 Å². The standard InChI is InChI=1S/C16H19NO2/c1-16(13-18,15-6-4-3-5-7-15)12-17(2)10-14-8-9-19-11-14/h3-9,11,13H,10,12H2,1-2H3. The molecule has 0 aliphatic rings. The second-order valence-corrected chi connectivity index (χ2v) is 5.21. The lowest BCUT2D eigenvalue weighted by Gasteiger charge is -2.29. The molecule has 0 radical (unpaired) electrons. The Hall–Kier alpha value is -1.87. The van der Waals surface area contributed by atoms with Crippen molar-refractivity contribution >= 4 is 6.29 Å². The van der Waals surface area contributed by atoms with E-state index < -0.39 is 5.41 Å². The van der Waals surface area contributed by atoms with Crippen LogP contribution in [0.2, 0.25) is 0 Å². The molecule has 2 rings (SSSR count). The highest BCUT2D eigenvalue weighted by molar-refractivity contribution is 5.68. The maximum absolute atomic E-state index is 11.5. The van der Waals surface area contributed by atoms with Crippen molar-refractivity contribution in [3.8, 4) is 0 Å². The van der Waals surface area contributed by atoms with E-state index in [1.54, 1.807) is 12.5 Å². The number of rotatable bonds is 6. The van der Waals surface area contributed by atoms with Crippen LogP contribution in [0.15, 0.2) is 53.3 Å². The van der Waals surface area contributed by atoms with Gasteiger partial charge in [0.05, 0.1) is 17.9 Å². The van der Waals surface area contributed by atoms with Crippen molar-refractivity contribution in [2.45, 2.75) is 18.9 Å². The van der Waals surface area contributed by atoms with E-state index in [2.05, 4.69) is 4.90 Å². The second kappa shape index (κ2) is 5.85. The number of furan rings is 1. The first-order valence-corrected chi connectivity index (χ1v) is 6.35. The van der Waals surface area contributed by atoms with Gasteiger partial charge < -0.3 is 14.1 Å². The smallest absolute Gasteiger partial charge is 0.131 e. The highest BCUT2D eigenvalue weighted by atomic mass is 16.3. The molecule has 2 aromatic rings. The Morgan fingerprint density at radius 3 is 2.58 bits per heavy atom. The Morgan fingerprint density at radius 1 is 1.26 bits per heavy atom. The Kier molecular flexibility index (Phi) is 4.17. The first-order chi connectivity index (χ1) is 9.14. The SMILES string of the molecule is CN(Cc1ccoc1)CC(C)(C=O)c1ccccc1. The minimum atomic E-state index is -0.486. The molecule has 19 heavy (non-hydrogen) atoms. The third-order valence-electron chi connectivity index (χ3n) is 3.32. The zero-order valence-corrected chi connectivity index (χ0v) is 11.4. The lowest BCUT2D eigenvalue weighted by molar-refractivity contribution is -0.112. The van der Waals surface area contributed by atoms with Crippen molar-refractivity contribution in [3.05, 3.63) is 60.1 Å². The van der Waals surface area contributed by atoms with Gasteiger partial charge in [-0.1, -0.05) is 30.3 Å². The van der Waals surface area contributed by atoms with E-state index in [0.717, 1.165) is 24.0 Å². The molecule has 1 heterocycles. The fraction of sp³-hybridized carbons (Fsp3) is 0.312. The molecule has 0 saturated carbocycles. The molecule has 0 amide bonds. The van der Waals surface area contributed by atoms with Gasteiger partial charge in [0.1, 0.15) is 6.29 Å². The van der Waals surface area contributed by atoms with Gasteiger partial charge in [-0.25, -0.2) is 0 Å². The number of carbonyl (C=O) groups excluding carboxylic acids is 1. The fourth-order valence-corrected chi connectivity index (χ4v) is 2.33. The fourth-order valence-electron chi connectivity index (χ4n) is 2.33. The van der Waals surface area contributed by atoms with Crippen molar-refractivity contribution in [1.29, 1.82) is 0 Å². The van der Waals surface area contributed by atoms with Crippen LogP contribution >= 0.6 is 0 Å². The van der Waals surface area contributed by atoms with Crippen LogP contribution < -0.4 is 0 Å². The zero-order valence-electron chi connectivity index (χ0n) is 11.4. The largest absolute Gasteiger partial charge is 0.472 e. The van der Waals surface area contributed by atoms with Crippen molar-refractivity contribution in [1.82, 2.24) is 4.90 Å². The molecule has 1 unspecified atom stereocenters. The van der Waals surface area contributed by atoms with Gasteiger partial charge in [-0.15, -0.1) is 0 Å². The molecule has 1 atom stereocenters. The Balaban J connectivity index is 2.08. The van der Waals surface area contributed by atoms with E-state index in [-0.39, 0.29) is 0 Å². The van der Waals surface area contributed by atoms with Gasteiger partial charge in [0.15, 0.2) is 0 Å². The molecule has 100 valence electrons. The number of nitrogens with zero attached hydrogens (tertiary/aromatic N) is 1. The van der Waals surface area contributed by atoms with Crippen molar-refractivity contribution in [3.63, 3.8) is 0 Å². The number of likely N-dealkylation sites (N-methyl/N-ethyl adjacent to an activating group) is 1. The van der Waals surface area contributed by atoms with E-state index in [0.29, 0.717) is 6.54 Å². The summed E-state index contributed by atoms with van der Waals surface area (Å²) in [5.74, 6) is 0. The molecule has 0 spiro atoms. The summed E-state index contributed by atoms with van der Waals surface area (Å²) in [7, 11) is 2.01. The average Bonchev–Trinajstić information content (AvgIpc) is 2.92. The monoisotopic (exact) mass is 257 g/mol. The van der Waals surface area contributed by atoms with Gasteiger partial charge in [0.2, 0.25) is 0 Å². The maximum Gasteiger partial charge on any atom is 0.131 e. The predicted octanol–water partition coefficient (Wildman–Crippen LogP) is 2.87. The number of carbonyl (C=O) groups is 1. The summed E-state index contributed by atoms with van der Waals surface area (Å²) < 4.78 is 5.06. The van der Waals surface area contributed by atoms with Gasteiger partial charge in [-0.3, -0.25) is 0 Å². The number of benzene rings is 1. The topological polar surface area (TPSA) is 33.5 Å². The van der Waals surface area contributed by atoms with Crippen LogP contribution in [0.3, 0.4) is 0 Å². The number of hydrogen-bond acceptors (Lipinski definition) is 3. The first kappa shape index (κ1) is 13.6. The minimum Gasteiger partial charge on any atom is -0.472 e.